The first-order chi connectivity index (χ1) is 9.22. The molecule has 0 atom stereocenters. The van der Waals surface area contributed by atoms with Crippen LogP contribution in [0.2, 0.25) is 0 Å². The standard InChI is InChI=1S/C14H15FN2O2/c15-12-10-11(14(19)16-6-3-9-18)4-5-13(12)17-7-1-2-8-17/h1-2,4-5,7-8,10,18H,3,6,9H2,(H,16,19). The fourth-order valence-corrected chi connectivity index (χ4v) is 1.74. The zero-order chi connectivity index (χ0) is 13.7. The molecule has 0 fully saturated rings. The smallest absolute Gasteiger partial charge is 0.251 e. The Labute approximate surface area is 110 Å². The molecule has 2 rings (SSSR count). The molecule has 0 aliphatic heterocycles. The first kappa shape index (κ1) is 13.3. The number of aromatic nitrogens is 1. The molecule has 19 heavy (non-hydrogen) atoms. The normalized spacial score (nSPS) is 10.4. The molecule has 0 radical (unpaired) electrons. The van der Waals surface area contributed by atoms with E-state index in [-0.39, 0.29) is 18.1 Å². The first-order valence-electron chi connectivity index (χ1n) is 6.04. The molecule has 0 saturated heterocycles. The van der Waals surface area contributed by atoms with Crippen LogP contribution >= 0.6 is 0 Å². The fraction of sp³-hybridized carbons (Fsp3) is 0.214. The molecule has 0 aliphatic rings. The lowest BCUT2D eigenvalue weighted by atomic mass is 10.2. The van der Waals surface area contributed by atoms with Gasteiger partial charge >= 0.3 is 0 Å². The predicted molar refractivity (Wildman–Crippen MR) is 69.8 cm³/mol. The number of amides is 1. The van der Waals surface area contributed by atoms with Gasteiger partial charge in [0.2, 0.25) is 0 Å². The van der Waals surface area contributed by atoms with Gasteiger partial charge in [0.1, 0.15) is 5.82 Å². The van der Waals surface area contributed by atoms with Crippen LogP contribution in [0.1, 0.15) is 16.8 Å². The minimum atomic E-state index is -0.453. The number of aliphatic hydroxyl groups excluding tert-OH is 1. The summed E-state index contributed by atoms with van der Waals surface area (Å²) in [5.41, 5.74) is 0.670. The minimum Gasteiger partial charge on any atom is -0.396 e. The van der Waals surface area contributed by atoms with E-state index in [1.54, 1.807) is 41.2 Å². The molecule has 1 heterocycles. The Morgan fingerprint density at radius 2 is 2.05 bits per heavy atom. The highest BCUT2D eigenvalue weighted by Gasteiger charge is 2.09. The summed E-state index contributed by atoms with van der Waals surface area (Å²) in [5.74, 6) is -0.794. The number of carbonyl (C=O) groups excluding carboxylic acids is 1. The Hall–Kier alpha value is -2.14. The number of halogens is 1. The fourth-order valence-electron chi connectivity index (χ4n) is 1.74. The molecule has 1 aromatic heterocycles. The zero-order valence-corrected chi connectivity index (χ0v) is 10.3. The van der Waals surface area contributed by atoms with Crippen molar-refractivity contribution < 1.29 is 14.3 Å². The highest BCUT2D eigenvalue weighted by Crippen LogP contribution is 2.15. The third-order valence-electron chi connectivity index (χ3n) is 2.71. The maximum Gasteiger partial charge on any atom is 0.251 e. The predicted octanol–water partition coefficient (Wildman–Crippen LogP) is 1.73. The van der Waals surface area contributed by atoms with Crippen LogP contribution in [0.25, 0.3) is 5.69 Å². The molecule has 0 aliphatic carbocycles. The molecule has 4 nitrogen and oxygen atoms in total. The van der Waals surface area contributed by atoms with E-state index in [2.05, 4.69) is 5.32 Å². The number of hydrogen-bond acceptors (Lipinski definition) is 2. The van der Waals surface area contributed by atoms with Crippen LogP contribution in [0.3, 0.4) is 0 Å². The van der Waals surface area contributed by atoms with Gasteiger partial charge in [-0.1, -0.05) is 0 Å². The van der Waals surface area contributed by atoms with Gasteiger partial charge in [-0.25, -0.2) is 4.39 Å². The van der Waals surface area contributed by atoms with Crippen molar-refractivity contribution in [3.63, 3.8) is 0 Å². The number of hydrogen-bond donors (Lipinski definition) is 2. The lowest BCUT2D eigenvalue weighted by Gasteiger charge is -2.08. The third kappa shape index (κ3) is 3.20. The molecule has 0 bridgehead atoms. The molecular weight excluding hydrogens is 247 g/mol. The molecule has 100 valence electrons. The SMILES string of the molecule is O=C(NCCCO)c1ccc(-n2cccc2)c(F)c1. The van der Waals surface area contributed by atoms with Crippen LogP contribution in [-0.4, -0.2) is 28.7 Å². The summed E-state index contributed by atoms with van der Waals surface area (Å²) in [4.78, 5) is 11.7. The van der Waals surface area contributed by atoms with E-state index >= 15 is 0 Å². The van der Waals surface area contributed by atoms with Crippen molar-refractivity contribution >= 4 is 5.91 Å². The Balaban J connectivity index is 2.13. The Kier molecular flexibility index (Phi) is 4.30. The molecule has 1 aromatic carbocycles. The maximum atomic E-state index is 13.9. The summed E-state index contributed by atoms with van der Waals surface area (Å²) < 4.78 is 15.6. The monoisotopic (exact) mass is 262 g/mol. The maximum absolute atomic E-state index is 13.9. The van der Waals surface area contributed by atoms with E-state index in [0.717, 1.165) is 0 Å². The van der Waals surface area contributed by atoms with Crippen LogP contribution < -0.4 is 5.32 Å². The quantitative estimate of drug-likeness (QED) is 0.806. The highest BCUT2D eigenvalue weighted by molar-refractivity contribution is 5.94. The number of nitrogens with zero attached hydrogens (tertiary/aromatic N) is 1. The second-order valence-corrected chi connectivity index (χ2v) is 4.09. The van der Waals surface area contributed by atoms with Crippen molar-refractivity contribution in [2.45, 2.75) is 6.42 Å². The van der Waals surface area contributed by atoms with Gasteiger partial charge in [0.25, 0.3) is 5.91 Å². The Morgan fingerprint density at radius 1 is 1.32 bits per heavy atom. The van der Waals surface area contributed by atoms with Gasteiger partial charge in [-0.05, 0) is 36.8 Å². The van der Waals surface area contributed by atoms with Crippen molar-refractivity contribution in [1.82, 2.24) is 9.88 Å². The number of carbonyl (C=O) groups is 1. The number of benzene rings is 1. The lowest BCUT2D eigenvalue weighted by molar-refractivity contribution is 0.0950. The minimum absolute atomic E-state index is 0.0151. The van der Waals surface area contributed by atoms with Gasteiger partial charge < -0.3 is 15.0 Å². The van der Waals surface area contributed by atoms with Crippen LogP contribution in [-0.2, 0) is 0 Å². The zero-order valence-electron chi connectivity index (χ0n) is 10.3. The van der Waals surface area contributed by atoms with E-state index in [0.29, 0.717) is 18.7 Å². The lowest BCUT2D eigenvalue weighted by Crippen LogP contribution is -2.25. The second kappa shape index (κ2) is 6.15. The molecule has 2 aromatic rings. The largest absolute Gasteiger partial charge is 0.396 e. The van der Waals surface area contributed by atoms with E-state index in [1.165, 1.54) is 6.07 Å². The summed E-state index contributed by atoms with van der Waals surface area (Å²) >= 11 is 0. The number of nitrogens with one attached hydrogen (secondary N) is 1. The molecule has 0 spiro atoms. The molecule has 5 heteroatoms. The Bertz CT molecular complexity index is 553. The van der Waals surface area contributed by atoms with Gasteiger partial charge in [-0.3, -0.25) is 4.79 Å². The topological polar surface area (TPSA) is 54.3 Å². The average Bonchev–Trinajstić information content (AvgIpc) is 2.92. The summed E-state index contributed by atoms with van der Waals surface area (Å²) in [6, 6.07) is 7.95. The van der Waals surface area contributed by atoms with Gasteiger partial charge in [-0.15, -0.1) is 0 Å². The van der Waals surface area contributed by atoms with Crippen molar-refractivity contribution in [2.75, 3.05) is 13.2 Å². The van der Waals surface area contributed by atoms with E-state index in [9.17, 15) is 9.18 Å². The molecule has 0 unspecified atom stereocenters. The molecule has 1 amide bonds. The van der Waals surface area contributed by atoms with Crippen LogP contribution in [0, 0.1) is 5.82 Å². The summed E-state index contributed by atoms with van der Waals surface area (Å²) in [6.45, 7) is 0.386. The number of rotatable bonds is 5. The van der Waals surface area contributed by atoms with E-state index in [4.69, 9.17) is 5.11 Å². The van der Waals surface area contributed by atoms with Gasteiger partial charge in [0, 0.05) is 31.1 Å². The van der Waals surface area contributed by atoms with Gasteiger partial charge in [-0.2, -0.15) is 0 Å². The summed E-state index contributed by atoms with van der Waals surface area (Å²) in [7, 11) is 0. The second-order valence-electron chi connectivity index (χ2n) is 4.09. The average molecular weight is 262 g/mol. The van der Waals surface area contributed by atoms with Gasteiger partial charge in [0.05, 0.1) is 5.69 Å². The van der Waals surface area contributed by atoms with E-state index in [1.807, 2.05) is 0 Å². The van der Waals surface area contributed by atoms with Crippen LogP contribution in [0.5, 0.6) is 0 Å². The molecule has 2 N–H and O–H groups in total. The Morgan fingerprint density at radius 3 is 2.68 bits per heavy atom. The summed E-state index contributed by atoms with van der Waals surface area (Å²) in [5, 5.41) is 11.2. The third-order valence-corrected chi connectivity index (χ3v) is 2.71. The van der Waals surface area contributed by atoms with Crippen LogP contribution in [0.15, 0.2) is 42.7 Å². The van der Waals surface area contributed by atoms with Crippen molar-refractivity contribution in [2.24, 2.45) is 0 Å². The van der Waals surface area contributed by atoms with Gasteiger partial charge in [0.15, 0.2) is 0 Å². The molecular formula is C14H15FN2O2. The van der Waals surface area contributed by atoms with Crippen molar-refractivity contribution in [3.8, 4) is 5.69 Å². The number of aliphatic hydroxyl groups is 1. The van der Waals surface area contributed by atoms with E-state index < -0.39 is 5.82 Å². The summed E-state index contributed by atoms with van der Waals surface area (Å²) in [6.07, 6.45) is 3.95. The highest BCUT2D eigenvalue weighted by atomic mass is 19.1. The van der Waals surface area contributed by atoms with Crippen LogP contribution in [0.4, 0.5) is 4.39 Å². The van der Waals surface area contributed by atoms with Crippen molar-refractivity contribution in [1.29, 1.82) is 0 Å². The first-order valence-corrected chi connectivity index (χ1v) is 6.04. The molecule has 0 saturated carbocycles. The van der Waals surface area contributed by atoms with Crippen molar-refractivity contribution in [3.05, 3.63) is 54.1 Å².